The Hall–Kier alpha value is -2.85. The highest BCUT2D eigenvalue weighted by Crippen LogP contribution is 2.50. The molecule has 0 N–H and O–H groups in total. The zero-order chi connectivity index (χ0) is 26.1. The highest BCUT2D eigenvalue weighted by molar-refractivity contribution is 6.30. The van der Waals surface area contributed by atoms with Crippen molar-refractivity contribution in [2.45, 2.75) is 56.8 Å². The zero-order valence-corrected chi connectivity index (χ0v) is 20.5. The molecule has 5 rings (SSSR count). The van der Waals surface area contributed by atoms with Crippen LogP contribution in [0.15, 0.2) is 41.6 Å². The molecule has 3 aliphatic rings. The molecule has 6 nitrogen and oxygen atoms in total. The molecule has 0 bridgehead atoms. The summed E-state index contributed by atoms with van der Waals surface area (Å²) in [5.74, 6) is -0.904. The molecule has 1 spiro atoms. The Morgan fingerprint density at radius 1 is 1.14 bits per heavy atom. The predicted molar refractivity (Wildman–Crippen MR) is 122 cm³/mol. The average molecular weight is 527 g/mol. The fourth-order valence-corrected chi connectivity index (χ4v) is 4.99. The van der Waals surface area contributed by atoms with E-state index in [9.17, 15) is 22.4 Å². The Kier molecular flexibility index (Phi) is 5.57. The largest absolute Gasteiger partial charge is 0.444 e. The first-order valence-corrected chi connectivity index (χ1v) is 11.6. The molecule has 0 radical (unpaired) electrons. The lowest BCUT2D eigenvalue weighted by Gasteiger charge is -2.47. The van der Waals surface area contributed by atoms with Crippen molar-refractivity contribution in [1.82, 2.24) is 4.90 Å². The average Bonchev–Trinajstić information content (AvgIpc) is 3.33. The molecule has 0 saturated carbocycles. The zero-order valence-electron chi connectivity index (χ0n) is 19.7. The van der Waals surface area contributed by atoms with Crippen LogP contribution in [0.25, 0.3) is 0 Å². The molecule has 1 fully saturated rings. The third-order valence-corrected chi connectivity index (χ3v) is 6.71. The van der Waals surface area contributed by atoms with Crippen molar-refractivity contribution in [1.29, 1.82) is 0 Å². The third-order valence-electron chi connectivity index (χ3n) is 6.49. The minimum Gasteiger partial charge on any atom is -0.444 e. The van der Waals surface area contributed by atoms with Gasteiger partial charge in [-0.25, -0.2) is 9.18 Å². The monoisotopic (exact) mass is 526 g/mol. The van der Waals surface area contributed by atoms with Crippen LogP contribution in [0.4, 0.5) is 22.4 Å². The second-order valence-corrected chi connectivity index (χ2v) is 10.7. The van der Waals surface area contributed by atoms with Crippen molar-refractivity contribution in [2.24, 2.45) is 5.16 Å². The molecule has 1 atom stereocenters. The van der Waals surface area contributed by atoms with Crippen LogP contribution < -0.4 is 0 Å². The number of halogens is 5. The summed E-state index contributed by atoms with van der Waals surface area (Å²) < 4.78 is 67.9. The van der Waals surface area contributed by atoms with Gasteiger partial charge in [-0.1, -0.05) is 28.9 Å². The van der Waals surface area contributed by atoms with E-state index in [0.717, 1.165) is 29.3 Å². The van der Waals surface area contributed by atoms with Gasteiger partial charge in [-0.15, -0.1) is 0 Å². The lowest BCUT2D eigenvalue weighted by atomic mass is 9.83. The second-order valence-electron chi connectivity index (χ2n) is 10.3. The van der Waals surface area contributed by atoms with E-state index in [-0.39, 0.29) is 17.3 Å². The molecule has 36 heavy (non-hydrogen) atoms. The second kappa shape index (κ2) is 8.08. The summed E-state index contributed by atoms with van der Waals surface area (Å²) in [6, 6.07) is 7.85. The van der Waals surface area contributed by atoms with Gasteiger partial charge in [0, 0.05) is 17.0 Å². The maximum absolute atomic E-state index is 14.2. The molecule has 0 unspecified atom stereocenters. The summed E-state index contributed by atoms with van der Waals surface area (Å²) in [6.07, 6.45) is -5.95. The van der Waals surface area contributed by atoms with Gasteiger partial charge >= 0.3 is 12.3 Å². The number of benzene rings is 2. The van der Waals surface area contributed by atoms with Gasteiger partial charge < -0.3 is 19.2 Å². The number of rotatable bonds is 2. The molecule has 11 heteroatoms. The molecule has 2 aromatic rings. The van der Waals surface area contributed by atoms with Gasteiger partial charge in [0.25, 0.3) is 5.60 Å². The molecule has 3 heterocycles. The van der Waals surface area contributed by atoms with Crippen molar-refractivity contribution < 1.29 is 36.7 Å². The summed E-state index contributed by atoms with van der Waals surface area (Å²) in [5, 5.41) is 3.57. The number of carbonyl (C=O) groups is 1. The van der Waals surface area contributed by atoms with E-state index in [2.05, 4.69) is 5.16 Å². The van der Waals surface area contributed by atoms with Crippen molar-refractivity contribution >= 4 is 23.4 Å². The fourth-order valence-electron chi connectivity index (χ4n) is 4.76. The molecule has 2 aromatic carbocycles. The molecule has 1 saturated heterocycles. The molecule has 1 amide bonds. The topological polar surface area (TPSA) is 60.4 Å². The van der Waals surface area contributed by atoms with E-state index in [1.54, 1.807) is 43.9 Å². The number of carbonyl (C=O) groups excluding carboxylic acids is 1. The maximum atomic E-state index is 14.2. The first-order valence-electron chi connectivity index (χ1n) is 11.3. The highest BCUT2D eigenvalue weighted by Gasteiger charge is 2.62. The van der Waals surface area contributed by atoms with Crippen molar-refractivity contribution in [2.75, 3.05) is 13.1 Å². The summed E-state index contributed by atoms with van der Waals surface area (Å²) in [6.45, 7) is 6.23. The summed E-state index contributed by atoms with van der Waals surface area (Å²) in [7, 11) is 0. The smallest absolute Gasteiger partial charge is 0.435 e. The number of hydrogen-bond acceptors (Lipinski definition) is 5. The van der Waals surface area contributed by atoms with Crippen LogP contribution in [0.3, 0.4) is 0 Å². The van der Waals surface area contributed by atoms with E-state index in [1.165, 1.54) is 0 Å². The van der Waals surface area contributed by atoms with Gasteiger partial charge in [0.15, 0.2) is 0 Å². The third kappa shape index (κ3) is 4.10. The predicted octanol–water partition coefficient (Wildman–Crippen LogP) is 6.04. The van der Waals surface area contributed by atoms with Gasteiger partial charge in [-0.3, -0.25) is 0 Å². The normalized spacial score (nSPS) is 22.7. The van der Waals surface area contributed by atoms with Gasteiger partial charge in [0.2, 0.25) is 0 Å². The standard InChI is InChI=1S/C25H23ClF4N2O4/c1-22(2,3)35-21(33)32-12-23(13-32)19-5-4-14(6-15(19)11-34-23)20-10-24(36-31-20,25(28,29)30)16-7-17(26)9-18(27)8-16/h4-9H,10-13H2,1-3H3/t24-/m0/s1. The van der Waals surface area contributed by atoms with Crippen LogP contribution in [0.2, 0.25) is 5.02 Å². The first-order chi connectivity index (χ1) is 16.7. The van der Waals surface area contributed by atoms with Crippen LogP contribution >= 0.6 is 11.6 Å². The highest BCUT2D eigenvalue weighted by atomic mass is 35.5. The van der Waals surface area contributed by atoms with Gasteiger partial charge in [0.05, 0.1) is 25.4 Å². The molecule has 192 valence electrons. The summed E-state index contributed by atoms with van der Waals surface area (Å²) in [4.78, 5) is 18.9. The summed E-state index contributed by atoms with van der Waals surface area (Å²) in [5.41, 5.74) is -2.44. The Bertz CT molecular complexity index is 1250. The van der Waals surface area contributed by atoms with Crippen molar-refractivity contribution in [3.63, 3.8) is 0 Å². The maximum Gasteiger partial charge on any atom is 0.435 e. The number of alkyl halides is 3. The van der Waals surface area contributed by atoms with E-state index in [0.29, 0.717) is 18.7 Å². The molecule has 0 aromatic heterocycles. The van der Waals surface area contributed by atoms with Gasteiger partial charge in [-0.2, -0.15) is 13.2 Å². The molecule has 0 aliphatic carbocycles. The number of hydrogen-bond donors (Lipinski definition) is 0. The lowest BCUT2D eigenvalue weighted by molar-refractivity contribution is -0.275. The fraction of sp³-hybridized carbons (Fsp3) is 0.440. The lowest BCUT2D eigenvalue weighted by Crippen LogP contribution is -2.61. The van der Waals surface area contributed by atoms with Crippen LogP contribution in [0.1, 0.15) is 49.4 Å². The van der Waals surface area contributed by atoms with Crippen LogP contribution in [0, 0.1) is 5.82 Å². The quantitative estimate of drug-likeness (QED) is 0.448. The van der Waals surface area contributed by atoms with Crippen molar-refractivity contribution in [3.8, 4) is 0 Å². The number of ether oxygens (including phenoxy) is 2. The Morgan fingerprint density at radius 2 is 1.86 bits per heavy atom. The Labute approximate surface area is 209 Å². The van der Waals surface area contributed by atoms with Crippen LogP contribution in [0.5, 0.6) is 0 Å². The number of oxime groups is 1. The number of likely N-dealkylation sites (tertiary alicyclic amines) is 1. The Morgan fingerprint density at radius 3 is 2.50 bits per heavy atom. The first kappa shape index (κ1) is 24.8. The van der Waals surface area contributed by atoms with E-state index < -0.39 is 46.9 Å². The minimum atomic E-state index is -4.88. The van der Waals surface area contributed by atoms with Crippen LogP contribution in [-0.2, 0) is 32.1 Å². The van der Waals surface area contributed by atoms with Gasteiger partial charge in [0.1, 0.15) is 17.0 Å². The van der Waals surface area contributed by atoms with E-state index in [1.807, 2.05) is 0 Å². The SMILES string of the molecule is CC(C)(C)OC(=O)N1CC2(C1)OCc1cc(C3=NO[C@@](c4cc(F)cc(Cl)c4)(C(F)(F)F)C3)ccc12. The van der Waals surface area contributed by atoms with Crippen LogP contribution in [-0.4, -0.2) is 41.6 Å². The van der Waals surface area contributed by atoms with E-state index >= 15 is 0 Å². The Balaban J connectivity index is 1.37. The minimum absolute atomic E-state index is 0.0699. The van der Waals surface area contributed by atoms with E-state index in [4.69, 9.17) is 25.9 Å². The number of fused-ring (bicyclic) bond motifs is 2. The molecular formula is C25H23ClF4N2O4. The molecule has 3 aliphatic heterocycles. The molecular weight excluding hydrogens is 504 g/mol. The van der Waals surface area contributed by atoms with Crippen molar-refractivity contribution in [3.05, 3.63) is 69.5 Å². The summed E-state index contributed by atoms with van der Waals surface area (Å²) >= 11 is 5.82. The number of amides is 1. The number of nitrogens with zero attached hydrogens (tertiary/aromatic N) is 2. The van der Waals surface area contributed by atoms with Gasteiger partial charge in [-0.05, 0) is 61.7 Å².